The van der Waals surface area contributed by atoms with Gasteiger partial charge in [-0.1, -0.05) is 19.1 Å². The topological polar surface area (TPSA) is 59.3 Å². The minimum absolute atomic E-state index is 0.00386. The van der Waals surface area contributed by atoms with Crippen LogP contribution in [0.15, 0.2) is 39.5 Å². The maximum absolute atomic E-state index is 12.1. The number of hydrogen-bond donors (Lipinski definition) is 1. The summed E-state index contributed by atoms with van der Waals surface area (Å²) in [5, 5.41) is 3.22. The highest BCUT2D eigenvalue weighted by Gasteiger charge is 2.15. The second-order valence-corrected chi connectivity index (χ2v) is 4.46. The molecule has 0 radical (unpaired) electrons. The van der Waals surface area contributed by atoms with Crippen LogP contribution < -0.4 is 10.7 Å². The molecule has 1 aromatic carbocycles. The first-order valence-electron chi connectivity index (χ1n) is 6.43. The zero-order valence-electron chi connectivity index (χ0n) is 11.2. The van der Waals surface area contributed by atoms with Crippen molar-refractivity contribution in [2.45, 2.75) is 25.8 Å². The van der Waals surface area contributed by atoms with E-state index in [1.807, 2.05) is 6.92 Å². The van der Waals surface area contributed by atoms with Crippen LogP contribution in [0.1, 0.15) is 30.3 Å². The molecule has 0 saturated carbocycles. The van der Waals surface area contributed by atoms with Gasteiger partial charge in [0.05, 0.1) is 5.39 Å². The van der Waals surface area contributed by atoms with Gasteiger partial charge in [0, 0.05) is 18.5 Å². The molecule has 0 aliphatic rings. The third kappa shape index (κ3) is 2.89. The Morgan fingerprint density at radius 3 is 2.90 bits per heavy atom. The molecule has 1 aromatic heterocycles. The van der Waals surface area contributed by atoms with Crippen molar-refractivity contribution in [1.29, 1.82) is 0 Å². The second kappa shape index (κ2) is 6.07. The van der Waals surface area contributed by atoms with Gasteiger partial charge in [-0.25, -0.2) is 0 Å². The van der Waals surface area contributed by atoms with E-state index in [2.05, 4.69) is 11.2 Å². The molecule has 4 heteroatoms. The summed E-state index contributed by atoms with van der Waals surface area (Å²) in [7, 11) is 0. The first-order chi connectivity index (χ1) is 9.65. The average molecular weight is 269 g/mol. The highest BCUT2D eigenvalue weighted by atomic mass is 16.3. The van der Waals surface area contributed by atoms with E-state index in [1.54, 1.807) is 24.3 Å². The van der Waals surface area contributed by atoms with Crippen molar-refractivity contribution in [3.05, 3.63) is 46.3 Å². The first-order valence-corrected chi connectivity index (χ1v) is 6.43. The Morgan fingerprint density at radius 2 is 2.20 bits per heavy atom. The molecular weight excluding hydrogens is 254 g/mol. The summed E-state index contributed by atoms with van der Waals surface area (Å²) in [4.78, 5) is 24.0. The predicted octanol–water partition coefficient (Wildman–Crippen LogP) is 2.32. The van der Waals surface area contributed by atoms with Crippen LogP contribution in [0.3, 0.4) is 0 Å². The number of carbonyl (C=O) groups excluding carboxylic acids is 1. The molecule has 0 spiro atoms. The minimum Gasteiger partial charge on any atom is -0.451 e. The molecule has 0 aliphatic carbocycles. The number of benzene rings is 1. The van der Waals surface area contributed by atoms with Gasteiger partial charge in [-0.05, 0) is 18.6 Å². The van der Waals surface area contributed by atoms with E-state index in [0.29, 0.717) is 23.8 Å². The summed E-state index contributed by atoms with van der Waals surface area (Å²) in [6.07, 6.45) is 6.40. The van der Waals surface area contributed by atoms with Crippen LogP contribution in [0, 0.1) is 12.3 Å². The van der Waals surface area contributed by atoms with E-state index < -0.39 is 5.91 Å². The molecule has 0 fully saturated rings. The summed E-state index contributed by atoms with van der Waals surface area (Å²) in [6, 6.07) is 7.91. The van der Waals surface area contributed by atoms with E-state index in [-0.39, 0.29) is 17.2 Å². The fourth-order valence-corrected chi connectivity index (χ4v) is 1.91. The summed E-state index contributed by atoms with van der Waals surface area (Å²) in [5.74, 6) is 2.09. The smallest absolute Gasteiger partial charge is 0.287 e. The lowest BCUT2D eigenvalue weighted by Gasteiger charge is -2.13. The maximum atomic E-state index is 12.1. The molecule has 0 saturated heterocycles. The van der Waals surface area contributed by atoms with Crippen LogP contribution in [0.2, 0.25) is 0 Å². The number of rotatable bonds is 4. The van der Waals surface area contributed by atoms with E-state index in [1.165, 1.54) is 6.07 Å². The van der Waals surface area contributed by atoms with Gasteiger partial charge in [0.2, 0.25) is 0 Å². The van der Waals surface area contributed by atoms with Crippen LogP contribution in [-0.4, -0.2) is 11.9 Å². The van der Waals surface area contributed by atoms with Gasteiger partial charge in [-0.3, -0.25) is 9.59 Å². The molecule has 0 bridgehead atoms. The summed E-state index contributed by atoms with van der Waals surface area (Å²) in [5.41, 5.74) is 0.164. The van der Waals surface area contributed by atoms with Gasteiger partial charge in [0.15, 0.2) is 11.2 Å². The highest BCUT2D eigenvalue weighted by Crippen LogP contribution is 2.12. The fraction of sp³-hybridized carbons (Fsp3) is 0.250. The molecule has 0 aliphatic heterocycles. The van der Waals surface area contributed by atoms with Crippen molar-refractivity contribution in [3.63, 3.8) is 0 Å². The van der Waals surface area contributed by atoms with Crippen LogP contribution in [-0.2, 0) is 0 Å². The van der Waals surface area contributed by atoms with Crippen LogP contribution >= 0.6 is 0 Å². The lowest BCUT2D eigenvalue weighted by atomic mass is 10.1. The number of carbonyl (C=O) groups is 1. The zero-order chi connectivity index (χ0) is 14.5. The number of nitrogens with one attached hydrogen (secondary N) is 1. The molecular formula is C16H15NO3. The Labute approximate surface area is 116 Å². The molecule has 4 nitrogen and oxygen atoms in total. The first kappa shape index (κ1) is 13.9. The van der Waals surface area contributed by atoms with Gasteiger partial charge >= 0.3 is 0 Å². The zero-order valence-corrected chi connectivity index (χ0v) is 11.2. The Hall–Kier alpha value is -2.54. The largest absolute Gasteiger partial charge is 0.451 e. The van der Waals surface area contributed by atoms with Gasteiger partial charge < -0.3 is 9.73 Å². The molecule has 1 unspecified atom stereocenters. The summed E-state index contributed by atoms with van der Waals surface area (Å²) in [6.45, 7) is 1.93. The number of fused-ring (bicyclic) bond motifs is 1. The lowest BCUT2D eigenvalue weighted by molar-refractivity contribution is 0.0909. The SMILES string of the molecule is C#CCC(CC)NC(=O)c1cc(=O)c2ccccc2o1. The van der Waals surface area contributed by atoms with Crippen molar-refractivity contribution in [2.75, 3.05) is 0 Å². The predicted molar refractivity (Wildman–Crippen MR) is 77.5 cm³/mol. The Balaban J connectivity index is 2.31. The lowest BCUT2D eigenvalue weighted by Crippen LogP contribution is -2.34. The fourth-order valence-electron chi connectivity index (χ4n) is 1.91. The molecule has 102 valence electrons. The van der Waals surface area contributed by atoms with E-state index >= 15 is 0 Å². The second-order valence-electron chi connectivity index (χ2n) is 4.46. The van der Waals surface area contributed by atoms with Crippen LogP contribution in [0.25, 0.3) is 11.0 Å². The molecule has 20 heavy (non-hydrogen) atoms. The maximum Gasteiger partial charge on any atom is 0.287 e. The molecule has 2 aromatic rings. The highest BCUT2D eigenvalue weighted by molar-refractivity contribution is 5.93. The third-order valence-corrected chi connectivity index (χ3v) is 3.05. The number of para-hydroxylation sites is 1. The minimum atomic E-state index is -0.421. The summed E-state index contributed by atoms with van der Waals surface area (Å²) >= 11 is 0. The van der Waals surface area contributed by atoms with Gasteiger partial charge in [0.25, 0.3) is 5.91 Å². The summed E-state index contributed by atoms with van der Waals surface area (Å²) < 4.78 is 5.46. The monoisotopic (exact) mass is 269 g/mol. The van der Waals surface area contributed by atoms with Crippen molar-refractivity contribution in [1.82, 2.24) is 5.32 Å². The van der Waals surface area contributed by atoms with Gasteiger partial charge in [0.1, 0.15) is 5.58 Å². The average Bonchev–Trinajstić information content (AvgIpc) is 2.46. The molecule has 2 rings (SSSR count). The van der Waals surface area contributed by atoms with E-state index in [4.69, 9.17) is 10.8 Å². The normalized spacial score (nSPS) is 11.8. The van der Waals surface area contributed by atoms with E-state index in [0.717, 1.165) is 0 Å². The third-order valence-electron chi connectivity index (χ3n) is 3.05. The van der Waals surface area contributed by atoms with Crippen LogP contribution in [0.5, 0.6) is 0 Å². The number of amides is 1. The Bertz CT molecular complexity index is 724. The van der Waals surface area contributed by atoms with Crippen molar-refractivity contribution in [3.8, 4) is 12.3 Å². The van der Waals surface area contributed by atoms with Gasteiger partial charge in [-0.15, -0.1) is 12.3 Å². The van der Waals surface area contributed by atoms with E-state index in [9.17, 15) is 9.59 Å². The number of terminal acetylenes is 1. The van der Waals surface area contributed by atoms with Crippen molar-refractivity contribution < 1.29 is 9.21 Å². The quantitative estimate of drug-likeness (QED) is 0.867. The molecule has 1 atom stereocenters. The molecule has 1 amide bonds. The van der Waals surface area contributed by atoms with Crippen molar-refractivity contribution >= 4 is 16.9 Å². The number of hydrogen-bond acceptors (Lipinski definition) is 3. The molecule has 1 N–H and O–H groups in total. The van der Waals surface area contributed by atoms with Gasteiger partial charge in [-0.2, -0.15) is 0 Å². The standard InChI is InChI=1S/C16H15NO3/c1-3-7-11(4-2)17-16(19)15-10-13(18)12-8-5-6-9-14(12)20-15/h1,5-6,8-11H,4,7H2,2H3,(H,17,19). The van der Waals surface area contributed by atoms with Crippen LogP contribution in [0.4, 0.5) is 0 Å². The van der Waals surface area contributed by atoms with Crippen molar-refractivity contribution in [2.24, 2.45) is 0 Å². The Morgan fingerprint density at radius 1 is 1.45 bits per heavy atom. The molecule has 1 heterocycles. The Kier molecular flexibility index (Phi) is 4.21.